The summed E-state index contributed by atoms with van der Waals surface area (Å²) in [6.45, 7) is 11.3. The third-order valence-electron chi connectivity index (χ3n) is 4.66. The number of nitrogens with zero attached hydrogens (tertiary/aromatic N) is 1. The molecule has 1 aromatic rings. The molecule has 1 unspecified atom stereocenters. The van der Waals surface area contributed by atoms with Crippen molar-refractivity contribution in [2.45, 2.75) is 77.1 Å². The fraction of sp³-hybridized carbons (Fsp3) is 0.667. The molecule has 0 bridgehead atoms. The van der Waals surface area contributed by atoms with Gasteiger partial charge in [0, 0.05) is 17.1 Å². The minimum absolute atomic E-state index is 0.0116. The summed E-state index contributed by atoms with van der Waals surface area (Å²) in [6.07, 6.45) is 2.59. The zero-order valence-corrected chi connectivity index (χ0v) is 13.6. The molecule has 2 nitrogen and oxygen atoms in total. The van der Waals surface area contributed by atoms with Gasteiger partial charge in [0.1, 0.15) is 0 Å². The Labute approximate surface area is 123 Å². The summed E-state index contributed by atoms with van der Waals surface area (Å²) in [7, 11) is 0. The second-order valence-electron chi connectivity index (χ2n) is 7.39. The third kappa shape index (κ3) is 2.91. The van der Waals surface area contributed by atoms with Gasteiger partial charge in [-0.15, -0.1) is 0 Å². The lowest BCUT2D eigenvalue weighted by Gasteiger charge is -2.57. The molecule has 112 valence electrons. The number of hydrogen-bond donors (Lipinski definition) is 1. The van der Waals surface area contributed by atoms with Crippen LogP contribution in [0, 0.1) is 0 Å². The van der Waals surface area contributed by atoms with E-state index in [1.165, 1.54) is 5.56 Å². The van der Waals surface area contributed by atoms with E-state index in [2.05, 4.69) is 69.9 Å². The zero-order chi connectivity index (χ0) is 15.0. The fourth-order valence-corrected chi connectivity index (χ4v) is 4.33. The molecule has 1 saturated heterocycles. The lowest BCUT2D eigenvalue weighted by Crippen LogP contribution is -2.62. The van der Waals surface area contributed by atoms with Crippen molar-refractivity contribution in [2.24, 2.45) is 0 Å². The summed E-state index contributed by atoms with van der Waals surface area (Å²) < 4.78 is 0. The predicted octanol–water partition coefficient (Wildman–Crippen LogP) is 4.15. The highest BCUT2D eigenvalue weighted by Gasteiger charge is 2.47. The molecule has 1 fully saturated rings. The van der Waals surface area contributed by atoms with E-state index in [1.807, 2.05) is 0 Å². The van der Waals surface area contributed by atoms with Crippen LogP contribution in [0.4, 0.5) is 0 Å². The minimum atomic E-state index is -0.190. The number of hydrogen-bond acceptors (Lipinski definition) is 2. The van der Waals surface area contributed by atoms with Gasteiger partial charge in [0.05, 0.1) is 6.10 Å². The van der Waals surface area contributed by atoms with Crippen LogP contribution in [0.3, 0.4) is 0 Å². The predicted molar refractivity (Wildman–Crippen MR) is 84.7 cm³/mol. The number of aliphatic hydroxyl groups excluding tert-OH is 1. The summed E-state index contributed by atoms with van der Waals surface area (Å²) in [5, 5.41) is 10.2. The topological polar surface area (TPSA) is 23.5 Å². The minimum Gasteiger partial charge on any atom is -0.393 e. The van der Waals surface area contributed by atoms with Crippen LogP contribution in [0.5, 0.6) is 0 Å². The summed E-state index contributed by atoms with van der Waals surface area (Å²) >= 11 is 0. The maximum Gasteiger partial charge on any atom is 0.0575 e. The number of benzene rings is 1. The van der Waals surface area contributed by atoms with Crippen molar-refractivity contribution in [3.63, 3.8) is 0 Å². The Morgan fingerprint density at radius 3 is 2.05 bits per heavy atom. The quantitative estimate of drug-likeness (QED) is 0.895. The Kier molecular flexibility index (Phi) is 4.27. The van der Waals surface area contributed by atoms with Gasteiger partial charge < -0.3 is 5.11 Å². The van der Waals surface area contributed by atoms with Crippen molar-refractivity contribution in [3.8, 4) is 0 Å². The first-order valence-corrected chi connectivity index (χ1v) is 7.80. The number of rotatable bonds is 3. The Morgan fingerprint density at radius 1 is 1.10 bits per heavy atom. The van der Waals surface area contributed by atoms with Gasteiger partial charge in [-0.25, -0.2) is 0 Å². The molecular weight excluding hydrogens is 246 g/mol. The van der Waals surface area contributed by atoms with Crippen LogP contribution in [0.1, 0.15) is 65.5 Å². The normalized spacial score (nSPS) is 24.5. The highest BCUT2D eigenvalue weighted by molar-refractivity contribution is 5.21. The molecule has 0 spiro atoms. The van der Waals surface area contributed by atoms with Gasteiger partial charge in [-0.1, -0.05) is 37.3 Å². The first kappa shape index (κ1) is 15.5. The van der Waals surface area contributed by atoms with E-state index < -0.39 is 0 Å². The molecule has 1 N–H and O–H groups in total. The van der Waals surface area contributed by atoms with Crippen molar-refractivity contribution < 1.29 is 5.11 Å². The van der Waals surface area contributed by atoms with Gasteiger partial charge >= 0.3 is 0 Å². The highest BCUT2D eigenvalue weighted by Crippen LogP contribution is 2.45. The summed E-state index contributed by atoms with van der Waals surface area (Å²) in [4.78, 5) is 2.63. The molecule has 0 amide bonds. The van der Waals surface area contributed by atoms with Crippen LogP contribution >= 0.6 is 0 Å². The highest BCUT2D eigenvalue weighted by atomic mass is 16.3. The summed E-state index contributed by atoms with van der Waals surface area (Å²) in [5.41, 5.74) is 1.41. The molecule has 1 heterocycles. The van der Waals surface area contributed by atoms with E-state index in [-0.39, 0.29) is 17.2 Å². The maximum atomic E-state index is 10.2. The van der Waals surface area contributed by atoms with Gasteiger partial charge in [0.2, 0.25) is 0 Å². The van der Waals surface area contributed by atoms with E-state index in [1.54, 1.807) is 0 Å². The molecule has 1 aliphatic heterocycles. The van der Waals surface area contributed by atoms with Crippen LogP contribution in [0.2, 0.25) is 0 Å². The van der Waals surface area contributed by atoms with Crippen LogP contribution in [0.15, 0.2) is 30.3 Å². The number of likely N-dealkylation sites (tertiary alicyclic amines) is 1. The summed E-state index contributed by atoms with van der Waals surface area (Å²) in [5.74, 6) is 0. The van der Waals surface area contributed by atoms with Gasteiger partial charge in [-0.05, 0) is 52.5 Å². The SMILES string of the molecule is CCC(c1ccccc1)N1C(C)(C)CC(O)CC1(C)C. The van der Waals surface area contributed by atoms with E-state index >= 15 is 0 Å². The van der Waals surface area contributed by atoms with Crippen LogP contribution in [-0.4, -0.2) is 27.2 Å². The monoisotopic (exact) mass is 275 g/mol. The zero-order valence-electron chi connectivity index (χ0n) is 13.6. The molecule has 1 atom stereocenters. The standard InChI is InChI=1S/C18H29NO/c1-6-16(14-10-8-7-9-11-14)19-17(2,3)12-15(20)13-18(19,4)5/h7-11,15-16,20H,6,12-13H2,1-5H3. The van der Waals surface area contributed by atoms with Gasteiger partial charge in [0.25, 0.3) is 0 Å². The van der Waals surface area contributed by atoms with Gasteiger partial charge in [-0.3, -0.25) is 4.90 Å². The second kappa shape index (κ2) is 5.50. The number of aliphatic hydroxyl groups is 1. The molecule has 2 heteroatoms. The first-order chi connectivity index (χ1) is 9.28. The van der Waals surface area contributed by atoms with Gasteiger partial charge in [-0.2, -0.15) is 0 Å². The van der Waals surface area contributed by atoms with Crippen molar-refractivity contribution in [3.05, 3.63) is 35.9 Å². The lowest BCUT2D eigenvalue weighted by atomic mass is 9.76. The molecule has 0 aromatic heterocycles. The van der Waals surface area contributed by atoms with E-state index in [9.17, 15) is 5.11 Å². The molecule has 0 saturated carbocycles. The Balaban J connectivity index is 2.41. The van der Waals surface area contributed by atoms with Crippen molar-refractivity contribution in [2.75, 3.05) is 0 Å². The molecule has 2 rings (SSSR count). The third-order valence-corrected chi connectivity index (χ3v) is 4.66. The van der Waals surface area contributed by atoms with Crippen molar-refractivity contribution >= 4 is 0 Å². The van der Waals surface area contributed by atoms with Gasteiger partial charge in [0.15, 0.2) is 0 Å². The Hall–Kier alpha value is -0.860. The average Bonchev–Trinajstić information content (AvgIpc) is 2.33. The van der Waals surface area contributed by atoms with Crippen LogP contribution < -0.4 is 0 Å². The largest absolute Gasteiger partial charge is 0.393 e. The maximum absolute atomic E-state index is 10.2. The van der Waals surface area contributed by atoms with Crippen molar-refractivity contribution in [1.82, 2.24) is 4.90 Å². The average molecular weight is 275 g/mol. The fourth-order valence-electron chi connectivity index (χ4n) is 4.33. The Bertz CT molecular complexity index is 420. The van der Waals surface area contributed by atoms with E-state index in [0.29, 0.717) is 6.04 Å². The van der Waals surface area contributed by atoms with Crippen LogP contribution in [-0.2, 0) is 0 Å². The molecule has 1 aliphatic rings. The summed E-state index contributed by atoms with van der Waals surface area (Å²) in [6, 6.07) is 11.2. The van der Waals surface area contributed by atoms with E-state index in [0.717, 1.165) is 19.3 Å². The lowest BCUT2D eigenvalue weighted by molar-refractivity contribution is -0.107. The second-order valence-corrected chi connectivity index (χ2v) is 7.39. The molecule has 20 heavy (non-hydrogen) atoms. The molecular formula is C18H29NO. The molecule has 0 radical (unpaired) electrons. The smallest absolute Gasteiger partial charge is 0.0575 e. The Morgan fingerprint density at radius 2 is 1.60 bits per heavy atom. The van der Waals surface area contributed by atoms with Crippen LogP contribution in [0.25, 0.3) is 0 Å². The first-order valence-electron chi connectivity index (χ1n) is 7.80. The van der Waals surface area contributed by atoms with Crippen molar-refractivity contribution in [1.29, 1.82) is 0 Å². The van der Waals surface area contributed by atoms with E-state index in [4.69, 9.17) is 0 Å². The number of piperidine rings is 1. The molecule has 0 aliphatic carbocycles. The molecule has 1 aromatic carbocycles.